The monoisotopic (exact) mass is 337 g/mol. The Bertz CT molecular complexity index is 887. The topological polar surface area (TPSA) is 77.2 Å². The summed E-state index contributed by atoms with van der Waals surface area (Å²) in [5, 5.41) is 6.89. The minimum atomic E-state index is -0.134. The second kappa shape index (κ2) is 7.17. The van der Waals surface area contributed by atoms with Gasteiger partial charge < -0.3 is 14.6 Å². The predicted molar refractivity (Wildman–Crippen MR) is 94.3 cm³/mol. The van der Waals surface area contributed by atoms with E-state index in [0.29, 0.717) is 28.6 Å². The summed E-state index contributed by atoms with van der Waals surface area (Å²) in [6.07, 6.45) is 0. The molecule has 6 heteroatoms. The van der Waals surface area contributed by atoms with Crippen LogP contribution in [-0.4, -0.2) is 29.2 Å². The minimum Gasteiger partial charge on any atom is -0.496 e. The van der Waals surface area contributed by atoms with Gasteiger partial charge in [-0.3, -0.25) is 4.79 Å². The molecule has 0 bridgehead atoms. The van der Waals surface area contributed by atoms with Crippen LogP contribution in [0.15, 0.2) is 53.1 Å². The maximum atomic E-state index is 12.2. The average molecular weight is 337 g/mol. The fraction of sp³-hybridized carbons (Fsp3) is 0.211. The molecule has 128 valence electrons. The molecular weight excluding hydrogens is 318 g/mol. The van der Waals surface area contributed by atoms with Crippen molar-refractivity contribution in [1.82, 2.24) is 15.5 Å². The summed E-state index contributed by atoms with van der Waals surface area (Å²) in [5.41, 5.74) is 1.98. The van der Waals surface area contributed by atoms with Crippen molar-refractivity contribution >= 4 is 5.91 Å². The van der Waals surface area contributed by atoms with E-state index in [4.69, 9.17) is 9.26 Å². The number of para-hydroxylation sites is 1. The quantitative estimate of drug-likeness (QED) is 0.770. The molecule has 0 aliphatic rings. The van der Waals surface area contributed by atoms with Crippen molar-refractivity contribution in [2.24, 2.45) is 0 Å². The van der Waals surface area contributed by atoms with Gasteiger partial charge in [0.25, 0.3) is 11.8 Å². The molecule has 0 aliphatic heterocycles. The zero-order valence-electron chi connectivity index (χ0n) is 14.3. The van der Waals surface area contributed by atoms with Gasteiger partial charge in [-0.05, 0) is 38.1 Å². The summed E-state index contributed by atoms with van der Waals surface area (Å²) in [7, 11) is 1.59. The van der Waals surface area contributed by atoms with Crippen LogP contribution in [0, 0.1) is 0 Å². The summed E-state index contributed by atoms with van der Waals surface area (Å²) in [5.74, 6) is 1.30. The first-order valence-corrected chi connectivity index (χ1v) is 7.97. The number of methoxy groups -OCH3 is 1. The van der Waals surface area contributed by atoms with Crippen molar-refractivity contribution in [2.75, 3.05) is 7.11 Å². The highest BCUT2D eigenvalue weighted by Crippen LogP contribution is 2.29. The van der Waals surface area contributed by atoms with E-state index in [1.54, 1.807) is 25.3 Å². The molecule has 0 unspecified atom stereocenters. The van der Waals surface area contributed by atoms with Crippen molar-refractivity contribution in [3.63, 3.8) is 0 Å². The number of nitrogens with zero attached hydrogens (tertiary/aromatic N) is 2. The van der Waals surface area contributed by atoms with E-state index in [0.717, 1.165) is 5.56 Å². The molecule has 0 aliphatic carbocycles. The van der Waals surface area contributed by atoms with Crippen molar-refractivity contribution in [3.05, 3.63) is 54.1 Å². The van der Waals surface area contributed by atoms with Gasteiger partial charge in [-0.2, -0.15) is 4.98 Å². The van der Waals surface area contributed by atoms with Gasteiger partial charge in [-0.1, -0.05) is 29.4 Å². The number of benzene rings is 2. The summed E-state index contributed by atoms with van der Waals surface area (Å²) >= 11 is 0. The van der Waals surface area contributed by atoms with Crippen LogP contribution in [0.4, 0.5) is 0 Å². The third kappa shape index (κ3) is 3.68. The van der Waals surface area contributed by atoms with Gasteiger partial charge in [0.2, 0.25) is 5.82 Å². The molecule has 3 aromatic rings. The van der Waals surface area contributed by atoms with Crippen LogP contribution in [0.2, 0.25) is 0 Å². The van der Waals surface area contributed by atoms with Gasteiger partial charge in [-0.25, -0.2) is 0 Å². The standard InChI is InChI=1S/C19H19N3O3/c1-12(2)20-18(23)14-8-6-7-13(11-14)17-21-19(25-22-17)15-9-4-5-10-16(15)24-3/h4-12H,1-3H3,(H,20,23). The molecule has 0 saturated heterocycles. The third-order valence-corrected chi connectivity index (χ3v) is 3.57. The number of amides is 1. The highest BCUT2D eigenvalue weighted by Gasteiger charge is 2.15. The van der Waals surface area contributed by atoms with Gasteiger partial charge >= 0.3 is 0 Å². The SMILES string of the molecule is COc1ccccc1-c1nc(-c2cccc(C(=O)NC(C)C)c2)no1. The van der Waals surface area contributed by atoms with E-state index >= 15 is 0 Å². The van der Waals surface area contributed by atoms with Crippen LogP contribution in [0.25, 0.3) is 22.8 Å². The number of carbonyl (C=O) groups is 1. The average Bonchev–Trinajstić information content (AvgIpc) is 3.11. The first-order valence-electron chi connectivity index (χ1n) is 7.97. The van der Waals surface area contributed by atoms with Crippen molar-refractivity contribution < 1.29 is 14.1 Å². The Hall–Kier alpha value is -3.15. The number of aromatic nitrogens is 2. The first-order chi connectivity index (χ1) is 12.1. The molecule has 25 heavy (non-hydrogen) atoms. The molecular formula is C19H19N3O3. The van der Waals surface area contributed by atoms with Crippen molar-refractivity contribution in [3.8, 4) is 28.6 Å². The lowest BCUT2D eigenvalue weighted by molar-refractivity contribution is 0.0943. The van der Waals surface area contributed by atoms with E-state index in [2.05, 4.69) is 15.5 Å². The predicted octanol–water partition coefficient (Wildman–Crippen LogP) is 3.55. The molecule has 0 saturated carbocycles. The van der Waals surface area contributed by atoms with Gasteiger partial charge in [-0.15, -0.1) is 0 Å². The van der Waals surface area contributed by atoms with Crippen LogP contribution >= 0.6 is 0 Å². The molecule has 1 heterocycles. The minimum absolute atomic E-state index is 0.0680. The fourth-order valence-electron chi connectivity index (χ4n) is 2.42. The zero-order chi connectivity index (χ0) is 17.8. The lowest BCUT2D eigenvalue weighted by Gasteiger charge is -2.08. The molecule has 0 radical (unpaired) electrons. The fourth-order valence-corrected chi connectivity index (χ4v) is 2.42. The molecule has 0 atom stereocenters. The number of ether oxygens (including phenoxy) is 1. The molecule has 1 aromatic heterocycles. The lowest BCUT2D eigenvalue weighted by Crippen LogP contribution is -2.30. The highest BCUT2D eigenvalue weighted by atomic mass is 16.5. The molecule has 2 aromatic carbocycles. The summed E-state index contributed by atoms with van der Waals surface area (Å²) < 4.78 is 10.7. The third-order valence-electron chi connectivity index (χ3n) is 3.57. The Morgan fingerprint density at radius 1 is 1.16 bits per heavy atom. The Labute approximate surface area is 145 Å². The van der Waals surface area contributed by atoms with Crippen molar-refractivity contribution in [1.29, 1.82) is 0 Å². The van der Waals surface area contributed by atoms with E-state index in [-0.39, 0.29) is 11.9 Å². The molecule has 1 amide bonds. The molecule has 1 N–H and O–H groups in total. The van der Waals surface area contributed by atoms with Crippen LogP contribution in [0.5, 0.6) is 5.75 Å². The maximum Gasteiger partial charge on any atom is 0.262 e. The Morgan fingerprint density at radius 2 is 1.96 bits per heavy atom. The van der Waals surface area contributed by atoms with Crippen LogP contribution in [0.1, 0.15) is 24.2 Å². The molecule has 0 fully saturated rings. The highest BCUT2D eigenvalue weighted by molar-refractivity contribution is 5.95. The number of rotatable bonds is 5. The Balaban J connectivity index is 1.91. The van der Waals surface area contributed by atoms with E-state index in [1.165, 1.54) is 0 Å². The zero-order valence-corrected chi connectivity index (χ0v) is 14.3. The molecule has 0 spiro atoms. The van der Waals surface area contributed by atoms with Crippen LogP contribution in [0.3, 0.4) is 0 Å². The lowest BCUT2D eigenvalue weighted by atomic mass is 10.1. The number of hydrogen-bond donors (Lipinski definition) is 1. The second-order valence-corrected chi connectivity index (χ2v) is 5.83. The Kier molecular flexibility index (Phi) is 4.79. The smallest absolute Gasteiger partial charge is 0.262 e. The summed E-state index contributed by atoms with van der Waals surface area (Å²) in [4.78, 5) is 16.6. The van der Waals surface area contributed by atoms with Gasteiger partial charge in [0.1, 0.15) is 5.75 Å². The summed E-state index contributed by atoms with van der Waals surface area (Å²) in [6.45, 7) is 3.83. The van der Waals surface area contributed by atoms with E-state index in [9.17, 15) is 4.79 Å². The second-order valence-electron chi connectivity index (χ2n) is 5.83. The first kappa shape index (κ1) is 16.7. The normalized spacial score (nSPS) is 10.7. The van der Waals surface area contributed by atoms with E-state index < -0.39 is 0 Å². The molecule has 6 nitrogen and oxygen atoms in total. The summed E-state index contributed by atoms with van der Waals surface area (Å²) in [6, 6.07) is 14.6. The number of carbonyl (C=O) groups excluding carboxylic acids is 1. The Morgan fingerprint density at radius 3 is 2.72 bits per heavy atom. The van der Waals surface area contributed by atoms with Crippen molar-refractivity contribution in [2.45, 2.75) is 19.9 Å². The van der Waals surface area contributed by atoms with Crippen LogP contribution < -0.4 is 10.1 Å². The van der Waals surface area contributed by atoms with Gasteiger partial charge in [0, 0.05) is 17.2 Å². The van der Waals surface area contributed by atoms with Gasteiger partial charge in [0.15, 0.2) is 0 Å². The molecule has 3 rings (SSSR count). The largest absolute Gasteiger partial charge is 0.496 e. The number of hydrogen-bond acceptors (Lipinski definition) is 5. The van der Waals surface area contributed by atoms with Crippen LogP contribution in [-0.2, 0) is 0 Å². The maximum absolute atomic E-state index is 12.2. The van der Waals surface area contributed by atoms with Gasteiger partial charge in [0.05, 0.1) is 12.7 Å². The number of nitrogens with one attached hydrogen (secondary N) is 1. The van der Waals surface area contributed by atoms with E-state index in [1.807, 2.05) is 44.2 Å².